The average Bonchev–Trinajstić information content (AvgIpc) is 3.24. The molecule has 20 heteroatoms. The summed E-state index contributed by atoms with van der Waals surface area (Å²) in [6.07, 6.45) is -15.1. The molecule has 0 saturated carbocycles. The molecule has 0 spiro atoms. The monoisotopic (exact) mass is 868 g/mol. The first kappa shape index (κ1) is 44.8. The number of carboxylic acid groups (broad SMARTS) is 1. The zero-order valence-electron chi connectivity index (χ0n) is 34.6. The molecular weight excluding hydrogens is 820 g/mol. The summed E-state index contributed by atoms with van der Waals surface area (Å²) in [6.45, 7) is 3.99. The Hall–Kier alpha value is -5.26. The third kappa shape index (κ3) is 7.24. The highest BCUT2D eigenvalue weighted by Crippen LogP contribution is 2.57. The van der Waals surface area contributed by atoms with Crippen molar-refractivity contribution in [3.8, 4) is 34.1 Å². The predicted octanol–water partition coefficient (Wildman–Crippen LogP) is -0.00568. The predicted molar refractivity (Wildman–Crippen MR) is 210 cm³/mol. The largest absolute Gasteiger partial charge is 0.506 e. The Morgan fingerprint density at radius 3 is 2.13 bits per heavy atom. The average molecular weight is 869 g/mol. The fraction of sp³-hybridized carbons (Fsp3) is 0.476. The number of nitrogens with one attached hydrogen (secondary N) is 2. The van der Waals surface area contributed by atoms with Crippen LogP contribution in [0.25, 0.3) is 11.1 Å². The number of aliphatic carboxylic acids is 1. The molecule has 334 valence electrons. The maximum atomic E-state index is 14.4. The van der Waals surface area contributed by atoms with Gasteiger partial charge in [0.25, 0.3) is 5.91 Å². The number of carbonyl (C=O) groups excluding carboxylic acids is 3. The van der Waals surface area contributed by atoms with Crippen molar-refractivity contribution in [1.82, 2.24) is 10.6 Å². The molecule has 4 aliphatic rings. The first-order valence-corrected chi connectivity index (χ1v) is 19.6. The number of benzene rings is 3. The van der Waals surface area contributed by atoms with E-state index in [0.29, 0.717) is 0 Å². The first-order valence-electron chi connectivity index (χ1n) is 19.6. The van der Waals surface area contributed by atoms with E-state index in [1.54, 1.807) is 14.0 Å². The molecule has 9 N–H and O–H groups in total. The standard InChI is InChI=1S/C42H48N2O18/c1-13-8-20-26(37(58-7)23(13)39(53)44-14(2)40(54)55)25-18(11-19-27(33(25)50)30(47)17-9-16(56-5)10-22(57-6)24(17)29(19)46)31(48)36(20)61-42-35(52)38(28(43-4)15(3)60-42)62-41-34(51)32(49)21(45)12-59-41/h8-11,14-15,21,28,31-32,34-36,38,41-43,45,48-52H,12H2,1-7H3,(H,44,53)(H,54,55). The molecule has 3 aromatic rings. The van der Waals surface area contributed by atoms with E-state index in [9.17, 15) is 54.9 Å². The molecule has 0 radical (unpaired) electrons. The van der Waals surface area contributed by atoms with Gasteiger partial charge in [0.15, 0.2) is 24.1 Å². The second-order valence-electron chi connectivity index (χ2n) is 15.5. The second-order valence-corrected chi connectivity index (χ2v) is 15.5. The Labute approximate surface area is 353 Å². The molecule has 2 heterocycles. The number of aliphatic hydroxyl groups excluding tert-OH is 5. The number of methoxy groups -OCH3 is 3. The lowest BCUT2D eigenvalue weighted by Crippen LogP contribution is -2.65. The number of amides is 1. The van der Waals surface area contributed by atoms with Gasteiger partial charge in [-0.25, -0.2) is 0 Å². The summed E-state index contributed by atoms with van der Waals surface area (Å²) in [5.41, 5.74) is -1.43. The van der Waals surface area contributed by atoms with Gasteiger partial charge in [-0.15, -0.1) is 0 Å². The van der Waals surface area contributed by atoms with Gasteiger partial charge < -0.3 is 79.5 Å². The third-order valence-corrected chi connectivity index (χ3v) is 11.8. The fourth-order valence-corrected chi connectivity index (χ4v) is 8.62. The second kappa shape index (κ2) is 17.1. The summed E-state index contributed by atoms with van der Waals surface area (Å²) in [4.78, 5) is 54.3. The minimum atomic E-state index is -1.81. The van der Waals surface area contributed by atoms with Gasteiger partial charge in [-0.2, -0.15) is 0 Å². The van der Waals surface area contributed by atoms with Crippen molar-refractivity contribution in [2.24, 2.45) is 0 Å². The van der Waals surface area contributed by atoms with Crippen molar-refractivity contribution in [3.05, 3.63) is 68.8 Å². The molecule has 2 saturated heterocycles. The van der Waals surface area contributed by atoms with Crippen LogP contribution in [0.3, 0.4) is 0 Å². The van der Waals surface area contributed by atoms with E-state index in [0.717, 1.165) is 0 Å². The summed E-state index contributed by atoms with van der Waals surface area (Å²) < 4.78 is 40.7. The van der Waals surface area contributed by atoms with Crippen LogP contribution in [-0.2, 0) is 23.7 Å². The molecule has 12 atom stereocenters. The van der Waals surface area contributed by atoms with Crippen molar-refractivity contribution in [1.29, 1.82) is 0 Å². The van der Waals surface area contributed by atoms with Gasteiger partial charge in [0.05, 0.1) is 56.8 Å². The van der Waals surface area contributed by atoms with E-state index in [2.05, 4.69) is 10.6 Å². The van der Waals surface area contributed by atoms with Crippen molar-refractivity contribution in [2.75, 3.05) is 35.0 Å². The number of hydrogen-bond acceptors (Lipinski definition) is 18. The van der Waals surface area contributed by atoms with Crippen LogP contribution >= 0.6 is 0 Å². The van der Waals surface area contributed by atoms with Gasteiger partial charge in [0.2, 0.25) is 0 Å². The smallest absolute Gasteiger partial charge is 0.325 e. The van der Waals surface area contributed by atoms with Crippen LogP contribution in [-0.4, -0.2) is 155 Å². The minimum Gasteiger partial charge on any atom is -0.506 e. The Bertz CT molecular complexity index is 2320. The van der Waals surface area contributed by atoms with E-state index in [4.69, 9.17) is 33.2 Å². The number of carbonyl (C=O) groups is 4. The van der Waals surface area contributed by atoms with Crippen LogP contribution in [0.1, 0.15) is 84.9 Å². The van der Waals surface area contributed by atoms with E-state index >= 15 is 0 Å². The number of rotatable bonds is 11. The summed E-state index contributed by atoms with van der Waals surface area (Å²) in [6, 6.07) is 3.22. The van der Waals surface area contributed by atoms with Gasteiger partial charge in [-0.3, -0.25) is 19.2 Å². The van der Waals surface area contributed by atoms with Gasteiger partial charge in [0, 0.05) is 28.3 Å². The lowest BCUT2D eigenvalue weighted by Gasteiger charge is -2.47. The third-order valence-electron chi connectivity index (χ3n) is 11.8. The van der Waals surface area contributed by atoms with Crippen LogP contribution in [0.15, 0.2) is 24.3 Å². The first-order chi connectivity index (χ1) is 29.4. The number of phenolic OH excluding ortho intramolecular Hbond substituents is 1. The van der Waals surface area contributed by atoms with Crippen LogP contribution in [0, 0.1) is 6.92 Å². The summed E-state index contributed by atoms with van der Waals surface area (Å²) >= 11 is 0. The van der Waals surface area contributed by atoms with Crippen molar-refractivity contribution in [2.45, 2.75) is 94.3 Å². The van der Waals surface area contributed by atoms with Crippen LogP contribution < -0.4 is 24.8 Å². The lowest BCUT2D eigenvalue weighted by atomic mass is 9.74. The van der Waals surface area contributed by atoms with Crippen molar-refractivity contribution >= 4 is 23.4 Å². The number of likely N-dealkylation sites (N-methyl/N-ethyl adjacent to an activating group) is 1. The Morgan fingerprint density at radius 1 is 0.823 bits per heavy atom. The quantitative estimate of drug-likeness (QED) is 0.0958. The molecule has 12 unspecified atom stereocenters. The van der Waals surface area contributed by atoms with E-state index in [-0.39, 0.29) is 73.9 Å². The molecule has 62 heavy (non-hydrogen) atoms. The molecule has 7 rings (SSSR count). The molecular formula is C42H48N2O18. The highest BCUT2D eigenvalue weighted by atomic mass is 16.7. The molecule has 20 nitrogen and oxygen atoms in total. The highest BCUT2D eigenvalue weighted by Gasteiger charge is 2.51. The minimum absolute atomic E-state index is 0.00193. The van der Waals surface area contributed by atoms with Gasteiger partial charge in [-0.1, -0.05) is 6.07 Å². The fourth-order valence-electron chi connectivity index (χ4n) is 8.62. The molecule has 2 aliphatic heterocycles. The van der Waals surface area contributed by atoms with Gasteiger partial charge in [-0.05, 0) is 56.6 Å². The normalized spacial score (nSPS) is 29.4. The van der Waals surface area contributed by atoms with E-state index in [1.807, 2.05) is 0 Å². The molecule has 0 bridgehead atoms. The van der Waals surface area contributed by atoms with Crippen LogP contribution in [0.5, 0.6) is 23.0 Å². The summed E-state index contributed by atoms with van der Waals surface area (Å²) in [5.74, 6) is -4.58. The number of fused-ring (bicyclic) bond motifs is 5. The number of aromatic hydroxyl groups is 1. The molecule has 3 aromatic carbocycles. The highest BCUT2D eigenvalue weighted by molar-refractivity contribution is 6.31. The van der Waals surface area contributed by atoms with E-state index < -0.39 is 108 Å². The SMILES string of the molecule is CNC1C(C)OC(OC2c3cc(C)c(C(=O)NC(C)C(=O)O)c(OC)c3-c3c(cc4c(c3O)C(=O)c3cc(OC)cc(OC)c3C4=O)C2O)C(O)C1OC1OCC(O)C(O)C1O. The van der Waals surface area contributed by atoms with Crippen molar-refractivity contribution in [3.63, 3.8) is 0 Å². The number of carboxylic acids is 1. The van der Waals surface area contributed by atoms with Gasteiger partial charge >= 0.3 is 5.97 Å². The zero-order chi connectivity index (χ0) is 45.2. The lowest BCUT2D eigenvalue weighted by molar-refractivity contribution is -0.339. The molecule has 2 fully saturated rings. The topological polar surface area (TPSA) is 299 Å². The number of phenols is 1. The number of aryl methyl sites for hydroxylation is 1. The zero-order valence-corrected chi connectivity index (χ0v) is 34.6. The number of hydrogen-bond donors (Lipinski definition) is 9. The molecule has 0 aromatic heterocycles. The van der Waals surface area contributed by atoms with Crippen LogP contribution in [0.4, 0.5) is 0 Å². The van der Waals surface area contributed by atoms with Gasteiger partial charge in [0.1, 0.15) is 71.8 Å². The molecule has 2 aliphatic carbocycles. The number of ketones is 2. The number of ether oxygens (including phenoxy) is 7. The summed E-state index contributed by atoms with van der Waals surface area (Å²) in [7, 11) is 5.42. The maximum absolute atomic E-state index is 14.4. The Balaban J connectivity index is 1.39. The Kier molecular flexibility index (Phi) is 12.4. The Morgan fingerprint density at radius 2 is 1.50 bits per heavy atom. The van der Waals surface area contributed by atoms with Crippen LogP contribution in [0.2, 0.25) is 0 Å². The molecule has 1 amide bonds. The number of aliphatic hydroxyl groups is 5. The summed E-state index contributed by atoms with van der Waals surface area (Å²) in [5, 5.41) is 82.4. The van der Waals surface area contributed by atoms with E-state index in [1.165, 1.54) is 59.4 Å². The van der Waals surface area contributed by atoms with Crippen molar-refractivity contribution < 1.29 is 88.1 Å². The maximum Gasteiger partial charge on any atom is 0.325 e.